The summed E-state index contributed by atoms with van der Waals surface area (Å²) in [6.45, 7) is 1.84. The summed E-state index contributed by atoms with van der Waals surface area (Å²) in [5, 5.41) is 8.76. The summed E-state index contributed by atoms with van der Waals surface area (Å²) in [6.07, 6.45) is 6.07. The molecule has 1 nitrogen and oxygen atoms in total. The number of hydrogen-bond acceptors (Lipinski definition) is 1. The maximum Gasteiger partial charge on any atom is 0.131 e. The molecule has 1 atom stereocenters. The predicted octanol–water partition coefficient (Wildman–Crippen LogP) is 3.09. The van der Waals surface area contributed by atoms with Crippen molar-refractivity contribution in [3.63, 3.8) is 0 Å². The van der Waals surface area contributed by atoms with Crippen LogP contribution in [0, 0.1) is 17.2 Å². The third kappa shape index (κ3) is 2.10. The lowest BCUT2D eigenvalue weighted by atomic mass is 9.81. The first kappa shape index (κ1) is 8.87. The zero-order valence-corrected chi connectivity index (χ0v) is 7.69. The van der Waals surface area contributed by atoms with Gasteiger partial charge in [-0.2, -0.15) is 5.26 Å². The van der Waals surface area contributed by atoms with Crippen LogP contribution in [0.3, 0.4) is 0 Å². The molecule has 0 N–H and O–H groups in total. The smallest absolute Gasteiger partial charge is 0.131 e. The zero-order valence-electron chi connectivity index (χ0n) is 6.94. The van der Waals surface area contributed by atoms with Gasteiger partial charge in [-0.15, -0.1) is 11.6 Å². The van der Waals surface area contributed by atoms with Crippen molar-refractivity contribution >= 4 is 11.6 Å². The average Bonchev–Trinajstić information content (AvgIpc) is 2.06. The molecule has 1 saturated carbocycles. The fourth-order valence-electron chi connectivity index (χ4n) is 1.74. The second-order valence-electron chi connectivity index (χ2n) is 3.52. The number of alkyl halides is 1. The first-order valence-corrected chi connectivity index (χ1v) is 4.65. The first-order chi connectivity index (χ1) is 5.17. The number of rotatable bonds is 1. The maximum absolute atomic E-state index is 8.76. The highest BCUT2D eigenvalue weighted by atomic mass is 35.5. The minimum absolute atomic E-state index is 0.419. The monoisotopic (exact) mass is 171 g/mol. The van der Waals surface area contributed by atoms with Gasteiger partial charge in [-0.05, 0) is 25.7 Å². The molecule has 1 unspecified atom stereocenters. The van der Waals surface area contributed by atoms with Gasteiger partial charge in [0.1, 0.15) is 4.87 Å². The SMILES string of the molecule is CC(Cl)(C#N)C1CCCCC1. The van der Waals surface area contributed by atoms with Crippen molar-refractivity contribution in [3.05, 3.63) is 0 Å². The predicted molar refractivity (Wildman–Crippen MR) is 46.4 cm³/mol. The molecule has 0 heterocycles. The number of nitriles is 1. The molecule has 1 aliphatic carbocycles. The molecule has 0 amide bonds. The van der Waals surface area contributed by atoms with E-state index >= 15 is 0 Å². The van der Waals surface area contributed by atoms with Crippen molar-refractivity contribution in [2.45, 2.75) is 43.9 Å². The molecule has 0 bridgehead atoms. The third-order valence-corrected chi connectivity index (χ3v) is 2.98. The fraction of sp³-hybridized carbons (Fsp3) is 0.889. The zero-order chi connectivity index (χ0) is 8.32. The number of hydrogen-bond donors (Lipinski definition) is 0. The molecule has 0 radical (unpaired) electrons. The molecule has 2 heteroatoms. The summed E-state index contributed by atoms with van der Waals surface area (Å²) >= 11 is 6.04. The molecule has 1 rings (SSSR count). The van der Waals surface area contributed by atoms with E-state index in [9.17, 15) is 0 Å². The second-order valence-corrected chi connectivity index (χ2v) is 4.31. The van der Waals surface area contributed by atoms with Crippen LogP contribution in [0.4, 0.5) is 0 Å². The minimum atomic E-state index is -0.611. The van der Waals surface area contributed by atoms with Crippen LogP contribution in [0.1, 0.15) is 39.0 Å². The Labute approximate surface area is 73.3 Å². The molecule has 0 aromatic carbocycles. The van der Waals surface area contributed by atoms with Crippen LogP contribution in [0.25, 0.3) is 0 Å². The Kier molecular flexibility index (Phi) is 2.78. The Morgan fingerprint density at radius 2 is 1.91 bits per heavy atom. The number of halogens is 1. The van der Waals surface area contributed by atoms with Gasteiger partial charge in [0.05, 0.1) is 6.07 Å². The van der Waals surface area contributed by atoms with E-state index in [1.807, 2.05) is 6.92 Å². The van der Waals surface area contributed by atoms with Crippen LogP contribution >= 0.6 is 11.6 Å². The van der Waals surface area contributed by atoms with E-state index in [4.69, 9.17) is 16.9 Å². The van der Waals surface area contributed by atoms with Crippen LogP contribution in [-0.4, -0.2) is 4.87 Å². The van der Waals surface area contributed by atoms with E-state index in [-0.39, 0.29) is 0 Å². The van der Waals surface area contributed by atoms with E-state index in [1.54, 1.807) is 0 Å². The Bertz CT molecular complexity index is 163. The quantitative estimate of drug-likeness (QED) is 0.557. The summed E-state index contributed by atoms with van der Waals surface area (Å²) in [5.74, 6) is 0.419. The molecule has 1 aliphatic rings. The van der Waals surface area contributed by atoms with Crippen LogP contribution < -0.4 is 0 Å². The topological polar surface area (TPSA) is 23.8 Å². The summed E-state index contributed by atoms with van der Waals surface area (Å²) in [4.78, 5) is -0.611. The summed E-state index contributed by atoms with van der Waals surface area (Å²) in [6, 6.07) is 2.18. The Hall–Kier alpha value is -0.220. The summed E-state index contributed by atoms with van der Waals surface area (Å²) in [5.41, 5.74) is 0. The molecule has 11 heavy (non-hydrogen) atoms. The Balaban J connectivity index is 2.52. The Morgan fingerprint density at radius 3 is 2.36 bits per heavy atom. The molecular weight excluding hydrogens is 158 g/mol. The maximum atomic E-state index is 8.76. The van der Waals surface area contributed by atoms with Gasteiger partial charge in [0.2, 0.25) is 0 Å². The van der Waals surface area contributed by atoms with Gasteiger partial charge in [0, 0.05) is 0 Å². The molecule has 0 aromatic rings. The summed E-state index contributed by atoms with van der Waals surface area (Å²) < 4.78 is 0. The lowest BCUT2D eigenvalue weighted by Gasteiger charge is -2.29. The van der Waals surface area contributed by atoms with Gasteiger partial charge >= 0.3 is 0 Å². The van der Waals surface area contributed by atoms with E-state index in [0.717, 1.165) is 12.8 Å². The van der Waals surface area contributed by atoms with Crippen molar-refractivity contribution in [3.8, 4) is 6.07 Å². The van der Waals surface area contributed by atoms with E-state index < -0.39 is 4.87 Å². The van der Waals surface area contributed by atoms with Gasteiger partial charge in [0.25, 0.3) is 0 Å². The fourth-order valence-corrected chi connectivity index (χ4v) is 1.95. The van der Waals surface area contributed by atoms with Crippen LogP contribution in [0.5, 0.6) is 0 Å². The molecule has 0 spiro atoms. The van der Waals surface area contributed by atoms with Crippen molar-refractivity contribution < 1.29 is 0 Å². The molecular formula is C9H14ClN. The van der Waals surface area contributed by atoms with Crippen LogP contribution in [0.15, 0.2) is 0 Å². The highest BCUT2D eigenvalue weighted by molar-refractivity contribution is 6.25. The van der Waals surface area contributed by atoms with Gasteiger partial charge in [0.15, 0.2) is 0 Å². The minimum Gasteiger partial charge on any atom is -0.196 e. The molecule has 1 fully saturated rings. The van der Waals surface area contributed by atoms with E-state index in [2.05, 4.69) is 6.07 Å². The molecule has 62 valence electrons. The van der Waals surface area contributed by atoms with Crippen molar-refractivity contribution in [1.82, 2.24) is 0 Å². The van der Waals surface area contributed by atoms with Crippen molar-refractivity contribution in [2.75, 3.05) is 0 Å². The van der Waals surface area contributed by atoms with E-state index in [1.165, 1.54) is 19.3 Å². The standard InChI is InChI=1S/C9H14ClN/c1-9(10,7-11)8-5-3-2-4-6-8/h8H,2-6H2,1H3. The van der Waals surface area contributed by atoms with Crippen LogP contribution in [-0.2, 0) is 0 Å². The van der Waals surface area contributed by atoms with Gasteiger partial charge < -0.3 is 0 Å². The number of nitrogens with zero attached hydrogens (tertiary/aromatic N) is 1. The van der Waals surface area contributed by atoms with Gasteiger partial charge in [-0.1, -0.05) is 19.3 Å². The summed E-state index contributed by atoms with van der Waals surface area (Å²) in [7, 11) is 0. The normalized spacial score (nSPS) is 25.5. The van der Waals surface area contributed by atoms with Crippen molar-refractivity contribution in [1.29, 1.82) is 5.26 Å². The van der Waals surface area contributed by atoms with Crippen molar-refractivity contribution in [2.24, 2.45) is 5.92 Å². The average molecular weight is 172 g/mol. The van der Waals surface area contributed by atoms with Crippen LogP contribution in [0.2, 0.25) is 0 Å². The molecule has 0 saturated heterocycles. The van der Waals surface area contributed by atoms with Gasteiger partial charge in [-0.25, -0.2) is 0 Å². The second kappa shape index (κ2) is 3.45. The molecule has 0 aromatic heterocycles. The largest absolute Gasteiger partial charge is 0.196 e. The molecule has 0 aliphatic heterocycles. The highest BCUT2D eigenvalue weighted by Crippen LogP contribution is 2.36. The first-order valence-electron chi connectivity index (χ1n) is 4.27. The Morgan fingerprint density at radius 1 is 1.36 bits per heavy atom. The third-order valence-electron chi connectivity index (χ3n) is 2.59. The van der Waals surface area contributed by atoms with E-state index in [0.29, 0.717) is 5.92 Å². The highest BCUT2D eigenvalue weighted by Gasteiger charge is 2.32. The lowest BCUT2D eigenvalue weighted by molar-refractivity contribution is 0.321. The van der Waals surface area contributed by atoms with Gasteiger partial charge in [-0.3, -0.25) is 0 Å². The lowest BCUT2D eigenvalue weighted by Crippen LogP contribution is -2.28.